The van der Waals surface area contributed by atoms with Crippen LogP contribution < -0.4 is 5.32 Å². The Hall–Kier alpha value is -2.74. The van der Waals surface area contributed by atoms with Crippen molar-refractivity contribution in [3.05, 3.63) is 45.4 Å². The van der Waals surface area contributed by atoms with Crippen molar-refractivity contribution < 1.29 is 19.5 Å². The van der Waals surface area contributed by atoms with Gasteiger partial charge in [0.05, 0.1) is 10.7 Å². The fraction of sp³-hybridized carbons (Fsp3) is 0.368. The molecule has 0 aliphatic carbocycles. The van der Waals surface area contributed by atoms with E-state index in [4.69, 9.17) is 0 Å². The van der Waals surface area contributed by atoms with Gasteiger partial charge in [0.1, 0.15) is 10.9 Å². The van der Waals surface area contributed by atoms with Gasteiger partial charge < -0.3 is 15.3 Å². The first-order chi connectivity index (χ1) is 12.9. The molecule has 8 heteroatoms. The quantitative estimate of drug-likeness (QED) is 0.840. The Morgan fingerprint density at radius 3 is 2.70 bits per heavy atom. The second kappa shape index (κ2) is 7.87. The highest BCUT2D eigenvalue weighted by atomic mass is 32.1. The van der Waals surface area contributed by atoms with Crippen molar-refractivity contribution in [1.82, 2.24) is 9.88 Å². The number of aliphatic carboxylic acids is 1. The van der Waals surface area contributed by atoms with Gasteiger partial charge in [0.25, 0.3) is 11.8 Å². The van der Waals surface area contributed by atoms with Crippen molar-refractivity contribution in [2.75, 3.05) is 11.9 Å². The molecule has 1 fully saturated rings. The highest BCUT2D eigenvalue weighted by molar-refractivity contribution is 7.13. The van der Waals surface area contributed by atoms with Crippen molar-refractivity contribution >= 4 is 34.8 Å². The molecule has 27 heavy (non-hydrogen) atoms. The van der Waals surface area contributed by atoms with E-state index in [1.165, 1.54) is 16.2 Å². The predicted octanol–water partition coefficient (Wildman–Crippen LogP) is 3.09. The molecule has 2 N–H and O–H groups in total. The second-order valence-corrected chi connectivity index (χ2v) is 7.73. The molecule has 3 rings (SSSR count). The molecule has 1 atom stereocenters. The number of nitrogens with zero attached hydrogens (tertiary/aromatic N) is 2. The third kappa shape index (κ3) is 4.16. The smallest absolute Gasteiger partial charge is 0.326 e. The summed E-state index contributed by atoms with van der Waals surface area (Å²) in [4.78, 5) is 42.9. The van der Waals surface area contributed by atoms with Crippen LogP contribution in [0, 0.1) is 13.8 Å². The minimum absolute atomic E-state index is 0.274. The maximum absolute atomic E-state index is 12.8. The maximum Gasteiger partial charge on any atom is 0.326 e. The van der Waals surface area contributed by atoms with Gasteiger partial charge in [-0.2, -0.15) is 0 Å². The number of carboxylic acids is 1. The molecule has 1 saturated heterocycles. The van der Waals surface area contributed by atoms with Gasteiger partial charge in [-0.15, -0.1) is 11.3 Å². The first-order valence-electron chi connectivity index (χ1n) is 8.76. The molecule has 1 aliphatic heterocycles. The number of aryl methyl sites for hydroxylation is 2. The van der Waals surface area contributed by atoms with E-state index >= 15 is 0 Å². The molecule has 2 aromatic rings. The number of anilines is 1. The molecule has 2 heterocycles. The van der Waals surface area contributed by atoms with Gasteiger partial charge in [-0.3, -0.25) is 9.59 Å². The van der Waals surface area contributed by atoms with Crippen LogP contribution in [0.25, 0.3) is 0 Å². The summed E-state index contributed by atoms with van der Waals surface area (Å²) in [5.74, 6) is -1.59. The second-order valence-electron chi connectivity index (χ2n) is 6.53. The van der Waals surface area contributed by atoms with Crippen LogP contribution >= 0.6 is 11.3 Å². The van der Waals surface area contributed by atoms with Crippen molar-refractivity contribution in [1.29, 1.82) is 0 Å². The van der Waals surface area contributed by atoms with Gasteiger partial charge >= 0.3 is 5.97 Å². The fourth-order valence-corrected chi connectivity index (χ4v) is 4.07. The number of hydrogen-bond donors (Lipinski definition) is 2. The zero-order valence-electron chi connectivity index (χ0n) is 15.2. The molecule has 0 saturated carbocycles. The lowest BCUT2D eigenvalue weighted by atomic mass is 10.0. The van der Waals surface area contributed by atoms with E-state index in [2.05, 4.69) is 10.3 Å². The van der Waals surface area contributed by atoms with Crippen molar-refractivity contribution in [2.45, 2.75) is 39.2 Å². The largest absolute Gasteiger partial charge is 0.480 e. The van der Waals surface area contributed by atoms with Crippen molar-refractivity contribution in [3.8, 4) is 0 Å². The van der Waals surface area contributed by atoms with E-state index in [0.717, 1.165) is 17.8 Å². The number of hydrogen-bond acceptors (Lipinski definition) is 5. The fourth-order valence-electron chi connectivity index (χ4n) is 3.26. The standard InChI is InChI=1S/C19H21N3O4S/c1-11-16(27-12(2)20-11)17(23)21-14-7-5-6-13(10-14)18(24)22-9-4-3-8-15(22)19(25)26/h5-7,10,15H,3-4,8-9H2,1-2H3,(H,21,23)(H,25,26). The number of rotatable bonds is 4. The number of carbonyl (C=O) groups is 3. The van der Waals surface area contributed by atoms with E-state index in [-0.39, 0.29) is 11.8 Å². The van der Waals surface area contributed by atoms with Gasteiger partial charge in [0.2, 0.25) is 0 Å². The molecule has 2 amide bonds. The number of nitrogens with one attached hydrogen (secondary N) is 1. The monoisotopic (exact) mass is 387 g/mol. The summed E-state index contributed by atoms with van der Waals surface area (Å²) >= 11 is 1.31. The normalized spacial score (nSPS) is 16.8. The lowest BCUT2D eigenvalue weighted by Gasteiger charge is -2.33. The number of carbonyl (C=O) groups excluding carboxylic acids is 2. The Bertz CT molecular complexity index is 893. The number of likely N-dealkylation sites (tertiary alicyclic amines) is 1. The van der Waals surface area contributed by atoms with Crippen LogP contribution in [0.4, 0.5) is 5.69 Å². The molecule has 1 aromatic heterocycles. The molecule has 1 aromatic carbocycles. The van der Waals surface area contributed by atoms with Gasteiger partial charge in [0, 0.05) is 17.8 Å². The van der Waals surface area contributed by atoms with E-state index < -0.39 is 12.0 Å². The summed E-state index contributed by atoms with van der Waals surface area (Å²) in [6.45, 7) is 4.04. The average Bonchev–Trinajstić information content (AvgIpc) is 2.99. The minimum Gasteiger partial charge on any atom is -0.480 e. The number of carboxylic acid groups (broad SMARTS) is 1. The molecule has 1 aliphatic rings. The summed E-state index contributed by atoms with van der Waals surface area (Å²) in [5, 5.41) is 13.0. The number of piperidine rings is 1. The Balaban J connectivity index is 1.78. The molecule has 7 nitrogen and oxygen atoms in total. The number of thiazole rings is 1. The Morgan fingerprint density at radius 1 is 1.26 bits per heavy atom. The van der Waals surface area contributed by atoms with Crippen LogP contribution in [-0.4, -0.2) is 45.4 Å². The summed E-state index contributed by atoms with van der Waals surface area (Å²) in [5.41, 5.74) is 1.51. The van der Waals surface area contributed by atoms with Crippen molar-refractivity contribution in [2.24, 2.45) is 0 Å². The van der Waals surface area contributed by atoms with Gasteiger partial charge in [0.15, 0.2) is 0 Å². The van der Waals surface area contributed by atoms with Crippen LogP contribution in [-0.2, 0) is 4.79 Å². The lowest BCUT2D eigenvalue weighted by molar-refractivity contribution is -0.143. The third-order valence-electron chi connectivity index (χ3n) is 4.53. The molecular formula is C19H21N3O4S. The summed E-state index contributed by atoms with van der Waals surface area (Å²) in [7, 11) is 0. The summed E-state index contributed by atoms with van der Waals surface area (Å²) < 4.78 is 0. The third-order valence-corrected chi connectivity index (χ3v) is 5.60. The van der Waals surface area contributed by atoms with E-state index in [1.54, 1.807) is 31.2 Å². The van der Waals surface area contributed by atoms with Gasteiger partial charge in [-0.1, -0.05) is 6.07 Å². The number of amides is 2. The molecule has 0 radical (unpaired) electrons. The summed E-state index contributed by atoms with van der Waals surface area (Å²) in [6.07, 6.45) is 2.04. The molecular weight excluding hydrogens is 366 g/mol. The Kier molecular flexibility index (Phi) is 5.55. The zero-order valence-corrected chi connectivity index (χ0v) is 16.0. The van der Waals surface area contributed by atoms with E-state index in [0.29, 0.717) is 34.8 Å². The summed E-state index contributed by atoms with van der Waals surface area (Å²) in [6, 6.07) is 5.79. The molecule has 1 unspecified atom stereocenters. The highest BCUT2D eigenvalue weighted by Gasteiger charge is 2.32. The first-order valence-corrected chi connectivity index (χ1v) is 9.57. The lowest BCUT2D eigenvalue weighted by Crippen LogP contribution is -2.48. The van der Waals surface area contributed by atoms with Crippen LogP contribution in [0.1, 0.15) is 50.0 Å². The zero-order chi connectivity index (χ0) is 19.6. The van der Waals surface area contributed by atoms with Crippen LogP contribution in [0.2, 0.25) is 0 Å². The minimum atomic E-state index is -0.983. The highest BCUT2D eigenvalue weighted by Crippen LogP contribution is 2.23. The topological polar surface area (TPSA) is 99.6 Å². The van der Waals surface area contributed by atoms with E-state index in [1.807, 2.05) is 6.92 Å². The SMILES string of the molecule is Cc1nc(C)c(C(=O)Nc2cccc(C(=O)N3CCCCC3C(=O)O)c2)s1. The van der Waals surface area contributed by atoms with E-state index in [9.17, 15) is 19.5 Å². The predicted molar refractivity (Wildman–Crippen MR) is 102 cm³/mol. The first kappa shape index (κ1) is 19.0. The van der Waals surface area contributed by atoms with Gasteiger partial charge in [-0.05, 0) is 51.3 Å². The molecule has 0 spiro atoms. The molecule has 142 valence electrons. The maximum atomic E-state index is 12.8. The van der Waals surface area contributed by atoms with Gasteiger partial charge in [-0.25, -0.2) is 9.78 Å². The van der Waals surface area contributed by atoms with Crippen molar-refractivity contribution in [3.63, 3.8) is 0 Å². The molecule has 0 bridgehead atoms. The Morgan fingerprint density at radius 2 is 2.04 bits per heavy atom. The number of benzene rings is 1. The van der Waals surface area contributed by atoms with Crippen LogP contribution in [0.3, 0.4) is 0 Å². The Labute approximate surface area is 161 Å². The number of aromatic nitrogens is 1. The van der Waals surface area contributed by atoms with Crippen LogP contribution in [0.5, 0.6) is 0 Å². The van der Waals surface area contributed by atoms with Crippen LogP contribution in [0.15, 0.2) is 24.3 Å². The average molecular weight is 387 g/mol.